The number of amides is 2. The molecule has 3 fully saturated rings. The number of likely N-dealkylation sites (N-methyl/N-ethyl adjacent to an activating group) is 1. The minimum atomic E-state index is -1.82. The van der Waals surface area contributed by atoms with E-state index in [1.54, 1.807) is 20.8 Å². The van der Waals surface area contributed by atoms with E-state index in [1.807, 2.05) is 0 Å². The van der Waals surface area contributed by atoms with E-state index in [-0.39, 0.29) is 26.1 Å². The molecule has 3 rings (SSSR count). The number of aliphatic hydroxyl groups excluding tert-OH is 6. The summed E-state index contributed by atoms with van der Waals surface area (Å²) in [7, 11) is 1.52. The van der Waals surface area contributed by atoms with Crippen LogP contribution in [0.5, 0.6) is 0 Å². The van der Waals surface area contributed by atoms with Gasteiger partial charge in [-0.05, 0) is 41.2 Å². The number of hydrazine groups is 1. The number of alkyl carbamates (subject to hydrolysis) is 1. The van der Waals surface area contributed by atoms with Crippen molar-refractivity contribution < 1.29 is 69.0 Å². The van der Waals surface area contributed by atoms with E-state index >= 15 is 0 Å². The highest BCUT2D eigenvalue weighted by molar-refractivity contribution is 5.80. The molecule has 0 aromatic rings. The van der Waals surface area contributed by atoms with Crippen LogP contribution < -0.4 is 33.0 Å². The van der Waals surface area contributed by atoms with Gasteiger partial charge in [-0.2, -0.15) is 0 Å². The van der Waals surface area contributed by atoms with E-state index in [1.165, 1.54) is 14.0 Å². The van der Waals surface area contributed by atoms with Crippen molar-refractivity contribution in [1.29, 1.82) is 0 Å². The summed E-state index contributed by atoms with van der Waals surface area (Å²) in [6.45, 7) is 5.42. The first-order valence-electron chi connectivity index (χ1n) is 15.3. The summed E-state index contributed by atoms with van der Waals surface area (Å²) in [6, 6.07) is -2.94. The fourth-order valence-electron chi connectivity index (χ4n) is 5.66. The van der Waals surface area contributed by atoms with Crippen LogP contribution in [0.15, 0.2) is 0 Å². The summed E-state index contributed by atoms with van der Waals surface area (Å²) in [6.07, 6.45) is -18.0. The van der Waals surface area contributed by atoms with Crippen molar-refractivity contribution in [3.63, 3.8) is 0 Å². The molecule has 0 radical (unpaired) electrons. The highest BCUT2D eigenvalue weighted by Gasteiger charge is 2.53. The minimum absolute atomic E-state index is 0.0843. The van der Waals surface area contributed by atoms with Crippen molar-refractivity contribution in [3.05, 3.63) is 0 Å². The first-order valence-corrected chi connectivity index (χ1v) is 15.3. The number of carbonyl (C=O) groups excluding carboxylic acids is 2. The SMILES string of the molecule is CN[C@@H]1[C@@H](O)[C@@H](O[C@@H]2[C@@H](O)[C@H](O[C@H]3O[C@H](CNC(=O)OC(C)(C)C)[C@@H](O)[C@H](O)[C@H]3O)[C@@H](N)C[C@H]2NNC(=O)[C@@H](O)CN)OC[C@]1(C)O. The van der Waals surface area contributed by atoms with Gasteiger partial charge in [0, 0.05) is 19.1 Å². The Kier molecular flexibility index (Phi) is 13.7. The van der Waals surface area contributed by atoms with Gasteiger partial charge in [0.1, 0.15) is 66.1 Å². The maximum atomic E-state index is 12.2. The number of aliphatic hydroxyl groups is 7. The summed E-state index contributed by atoms with van der Waals surface area (Å²) >= 11 is 0. The Balaban J connectivity index is 1.80. The standard InChI is InChI=1S/C27H52N6O14/c1-26(2,3)47-25(41)31-8-13-14(35)15(36)16(37)24(44-13)45-19-10(29)6-11(32-33-22(40)12(34)7-28)20(17(19)38)46-23-18(39)21(30-5)27(4,42)9-43-23/h10-21,23-24,30,32,34-39,42H,6-9,28-29H2,1-5H3,(H,31,41)(H,33,40)/t10-,11+,12-,13+,14+,15-,16+,17-,18+,19+,20-,21+,23+,24+,27-/m0/s1. The fraction of sp³-hybridized carbons (Fsp3) is 0.926. The van der Waals surface area contributed by atoms with Crippen molar-refractivity contribution in [2.45, 2.75) is 131 Å². The van der Waals surface area contributed by atoms with Gasteiger partial charge in [-0.1, -0.05) is 0 Å². The Morgan fingerprint density at radius 2 is 1.64 bits per heavy atom. The average molecular weight is 685 g/mol. The van der Waals surface area contributed by atoms with Gasteiger partial charge < -0.3 is 81.5 Å². The molecule has 0 aromatic carbocycles. The third-order valence-corrected chi connectivity index (χ3v) is 8.16. The minimum Gasteiger partial charge on any atom is -0.444 e. The number of ether oxygens (including phenoxy) is 5. The van der Waals surface area contributed by atoms with Crippen LogP contribution in [0, 0.1) is 0 Å². The van der Waals surface area contributed by atoms with Crippen molar-refractivity contribution in [3.8, 4) is 0 Å². The largest absolute Gasteiger partial charge is 0.444 e. The number of nitrogens with two attached hydrogens (primary N) is 2. The molecule has 3 aliphatic rings. The molecular formula is C27H52N6O14. The summed E-state index contributed by atoms with van der Waals surface area (Å²) < 4.78 is 28.3. The molecule has 2 heterocycles. The Morgan fingerprint density at radius 1 is 1.00 bits per heavy atom. The second kappa shape index (κ2) is 16.2. The van der Waals surface area contributed by atoms with E-state index in [4.69, 9.17) is 35.2 Å². The number of nitrogens with one attached hydrogen (secondary N) is 4. The van der Waals surface area contributed by atoms with Crippen molar-refractivity contribution in [2.75, 3.05) is 26.7 Å². The Labute approximate surface area is 272 Å². The summed E-state index contributed by atoms with van der Waals surface area (Å²) in [5, 5.41) is 79.8. The van der Waals surface area contributed by atoms with Crippen LogP contribution in [0.4, 0.5) is 4.79 Å². The maximum absolute atomic E-state index is 12.2. The zero-order valence-electron chi connectivity index (χ0n) is 27.1. The predicted octanol–water partition coefficient (Wildman–Crippen LogP) is -6.45. The average Bonchev–Trinajstić information content (AvgIpc) is 2.98. The van der Waals surface area contributed by atoms with E-state index in [2.05, 4.69) is 21.5 Å². The molecule has 1 aliphatic carbocycles. The molecule has 47 heavy (non-hydrogen) atoms. The quantitative estimate of drug-likeness (QED) is 0.0900. The first-order chi connectivity index (χ1) is 21.8. The van der Waals surface area contributed by atoms with Gasteiger partial charge >= 0.3 is 6.09 Å². The highest BCUT2D eigenvalue weighted by atomic mass is 16.7. The monoisotopic (exact) mass is 684 g/mol. The van der Waals surface area contributed by atoms with Gasteiger partial charge in [0.25, 0.3) is 5.91 Å². The van der Waals surface area contributed by atoms with Crippen LogP contribution in [0.1, 0.15) is 34.1 Å². The fourth-order valence-corrected chi connectivity index (χ4v) is 5.66. The number of carbonyl (C=O) groups is 2. The van der Waals surface area contributed by atoms with Crippen molar-refractivity contribution in [2.24, 2.45) is 11.5 Å². The third kappa shape index (κ3) is 9.86. The van der Waals surface area contributed by atoms with Crippen LogP contribution in [0.2, 0.25) is 0 Å². The molecule has 2 saturated heterocycles. The van der Waals surface area contributed by atoms with E-state index in [0.29, 0.717) is 0 Å². The lowest BCUT2D eigenvalue weighted by atomic mass is 9.83. The predicted molar refractivity (Wildman–Crippen MR) is 159 cm³/mol. The smallest absolute Gasteiger partial charge is 0.407 e. The molecule has 0 unspecified atom stereocenters. The zero-order valence-corrected chi connectivity index (χ0v) is 27.1. The lowest BCUT2D eigenvalue weighted by Crippen LogP contribution is -2.70. The van der Waals surface area contributed by atoms with Crippen LogP contribution in [-0.2, 0) is 28.5 Å². The number of hydrogen-bond donors (Lipinski definition) is 13. The number of hydrogen-bond acceptors (Lipinski definition) is 18. The Bertz CT molecular complexity index is 1040. The second-order valence-electron chi connectivity index (χ2n) is 13.3. The second-order valence-corrected chi connectivity index (χ2v) is 13.3. The normalized spacial score (nSPS) is 42.0. The topological polar surface area (TPSA) is 322 Å². The van der Waals surface area contributed by atoms with Crippen LogP contribution in [0.3, 0.4) is 0 Å². The molecule has 20 nitrogen and oxygen atoms in total. The van der Waals surface area contributed by atoms with Crippen LogP contribution in [-0.4, -0.2) is 171 Å². The van der Waals surface area contributed by atoms with Crippen molar-refractivity contribution >= 4 is 12.0 Å². The third-order valence-electron chi connectivity index (χ3n) is 8.16. The lowest BCUT2D eigenvalue weighted by Gasteiger charge is -2.49. The number of rotatable bonds is 11. The van der Waals surface area contributed by atoms with E-state index in [9.17, 15) is 45.3 Å². The Hall–Kier alpha value is -1.86. The molecule has 2 aliphatic heterocycles. The maximum Gasteiger partial charge on any atom is 0.407 e. The molecule has 0 aromatic heterocycles. The van der Waals surface area contributed by atoms with Gasteiger partial charge in [-0.25, -0.2) is 10.2 Å². The zero-order chi connectivity index (χ0) is 35.4. The molecule has 15 atom stereocenters. The van der Waals surface area contributed by atoms with Crippen LogP contribution in [0.25, 0.3) is 0 Å². The first kappa shape index (κ1) is 39.6. The summed E-state index contributed by atoms with van der Waals surface area (Å²) in [4.78, 5) is 24.4. The van der Waals surface area contributed by atoms with Gasteiger partial charge in [0.2, 0.25) is 0 Å². The molecular weight excluding hydrogens is 632 g/mol. The van der Waals surface area contributed by atoms with E-state index in [0.717, 1.165) is 0 Å². The molecule has 0 spiro atoms. The molecule has 274 valence electrons. The summed E-state index contributed by atoms with van der Waals surface area (Å²) in [5.74, 6) is -0.884. The van der Waals surface area contributed by atoms with Gasteiger partial charge in [-0.15, -0.1) is 0 Å². The lowest BCUT2D eigenvalue weighted by molar-refractivity contribution is -0.331. The molecule has 2 amide bonds. The Morgan fingerprint density at radius 3 is 2.23 bits per heavy atom. The van der Waals surface area contributed by atoms with Gasteiger partial charge in [-0.3, -0.25) is 10.2 Å². The van der Waals surface area contributed by atoms with Gasteiger partial charge in [0.05, 0.1) is 18.7 Å². The molecule has 1 saturated carbocycles. The molecule has 0 bridgehead atoms. The van der Waals surface area contributed by atoms with Gasteiger partial charge in [0.15, 0.2) is 12.6 Å². The van der Waals surface area contributed by atoms with Crippen LogP contribution >= 0.6 is 0 Å². The summed E-state index contributed by atoms with van der Waals surface area (Å²) in [5.41, 5.74) is 14.3. The molecule has 20 heteroatoms. The van der Waals surface area contributed by atoms with Crippen molar-refractivity contribution in [1.82, 2.24) is 21.5 Å². The molecule has 15 N–H and O–H groups in total. The van der Waals surface area contributed by atoms with E-state index < -0.39 is 109 Å². The highest BCUT2D eigenvalue weighted by Crippen LogP contribution is 2.32.